The summed E-state index contributed by atoms with van der Waals surface area (Å²) in [6.07, 6.45) is 0.863. The van der Waals surface area contributed by atoms with Gasteiger partial charge in [0.25, 0.3) is 0 Å². The molecule has 0 saturated carbocycles. The number of nitrogens with one attached hydrogen (secondary N) is 2. The van der Waals surface area contributed by atoms with Crippen LogP contribution in [0.4, 0.5) is 0 Å². The molecule has 6 heteroatoms. The third-order valence-electron chi connectivity index (χ3n) is 3.98. The van der Waals surface area contributed by atoms with Crippen LogP contribution in [-0.2, 0) is 19.5 Å². The summed E-state index contributed by atoms with van der Waals surface area (Å²) in [5, 5.41) is 11.6. The van der Waals surface area contributed by atoms with Crippen LogP contribution in [0.2, 0.25) is 0 Å². The van der Waals surface area contributed by atoms with Gasteiger partial charge in [0.05, 0.1) is 18.8 Å². The van der Waals surface area contributed by atoms with Crippen LogP contribution >= 0.6 is 0 Å². The van der Waals surface area contributed by atoms with Crippen molar-refractivity contribution >= 4 is 16.9 Å². The Hall–Kier alpha value is -2.76. The minimum atomic E-state index is 0.534. The third-order valence-corrected chi connectivity index (χ3v) is 3.98. The standard InChI is InChI=1S/C18H22N4O2/c1-4-13-9-14(24-22-13)10-20-18(19-3)21-11-17-12(2)15-7-5-6-8-16(15)23-17/h5-9H,4,10-11H2,1-3H3,(H2,19,20,21). The highest BCUT2D eigenvalue weighted by molar-refractivity contribution is 5.82. The van der Waals surface area contributed by atoms with Gasteiger partial charge in [0.1, 0.15) is 11.3 Å². The number of hydrogen-bond donors (Lipinski definition) is 2. The molecule has 0 saturated heterocycles. The van der Waals surface area contributed by atoms with Gasteiger partial charge < -0.3 is 19.6 Å². The zero-order chi connectivity index (χ0) is 16.9. The highest BCUT2D eigenvalue weighted by atomic mass is 16.5. The molecule has 1 aromatic carbocycles. The molecule has 0 aliphatic carbocycles. The van der Waals surface area contributed by atoms with Crippen molar-refractivity contribution in [3.8, 4) is 0 Å². The van der Waals surface area contributed by atoms with E-state index in [0.717, 1.165) is 40.2 Å². The first-order valence-corrected chi connectivity index (χ1v) is 8.07. The van der Waals surface area contributed by atoms with Crippen molar-refractivity contribution in [2.45, 2.75) is 33.4 Å². The molecule has 0 bridgehead atoms. The number of hydrogen-bond acceptors (Lipinski definition) is 4. The number of guanidine groups is 1. The average Bonchev–Trinajstić information content (AvgIpc) is 3.20. The molecule has 0 amide bonds. The molecule has 0 atom stereocenters. The number of rotatable bonds is 5. The Morgan fingerprint density at radius 1 is 1.21 bits per heavy atom. The monoisotopic (exact) mass is 326 g/mol. The van der Waals surface area contributed by atoms with Crippen molar-refractivity contribution in [1.82, 2.24) is 15.8 Å². The van der Waals surface area contributed by atoms with E-state index in [2.05, 4.69) is 33.8 Å². The van der Waals surface area contributed by atoms with E-state index in [0.29, 0.717) is 19.0 Å². The van der Waals surface area contributed by atoms with Crippen LogP contribution in [0.5, 0.6) is 0 Å². The summed E-state index contributed by atoms with van der Waals surface area (Å²) in [6, 6.07) is 9.99. The molecular weight excluding hydrogens is 304 g/mol. The molecule has 0 radical (unpaired) electrons. The highest BCUT2D eigenvalue weighted by Crippen LogP contribution is 2.24. The van der Waals surface area contributed by atoms with Gasteiger partial charge in [-0.3, -0.25) is 4.99 Å². The topological polar surface area (TPSA) is 75.6 Å². The smallest absolute Gasteiger partial charge is 0.191 e. The summed E-state index contributed by atoms with van der Waals surface area (Å²) < 4.78 is 11.2. The summed E-state index contributed by atoms with van der Waals surface area (Å²) in [7, 11) is 1.73. The number of furan rings is 1. The van der Waals surface area contributed by atoms with Gasteiger partial charge in [-0.1, -0.05) is 30.3 Å². The fourth-order valence-electron chi connectivity index (χ4n) is 2.55. The Kier molecular flexibility index (Phi) is 4.84. The van der Waals surface area contributed by atoms with Crippen molar-refractivity contribution in [2.24, 2.45) is 4.99 Å². The average molecular weight is 326 g/mol. The molecule has 0 aliphatic rings. The van der Waals surface area contributed by atoms with Crippen molar-refractivity contribution in [1.29, 1.82) is 0 Å². The first kappa shape index (κ1) is 16.1. The molecular formula is C18H22N4O2. The minimum absolute atomic E-state index is 0.534. The fraction of sp³-hybridized carbons (Fsp3) is 0.333. The molecule has 0 unspecified atom stereocenters. The molecule has 24 heavy (non-hydrogen) atoms. The van der Waals surface area contributed by atoms with Gasteiger partial charge in [-0.15, -0.1) is 0 Å². The molecule has 2 N–H and O–H groups in total. The summed E-state index contributed by atoms with van der Waals surface area (Å²) in [5.41, 5.74) is 3.01. The van der Waals surface area contributed by atoms with Gasteiger partial charge >= 0.3 is 0 Å². The summed E-state index contributed by atoms with van der Waals surface area (Å²) in [5.74, 6) is 2.38. The van der Waals surface area contributed by atoms with Gasteiger partial charge in [0.15, 0.2) is 11.7 Å². The fourth-order valence-corrected chi connectivity index (χ4v) is 2.55. The Balaban J connectivity index is 1.60. The predicted molar refractivity (Wildman–Crippen MR) is 93.9 cm³/mol. The predicted octanol–water partition coefficient (Wildman–Crippen LogP) is 3.16. The lowest BCUT2D eigenvalue weighted by Gasteiger charge is -2.09. The number of para-hydroxylation sites is 1. The second-order valence-electron chi connectivity index (χ2n) is 5.56. The summed E-state index contributed by atoms with van der Waals surface area (Å²) in [6.45, 7) is 5.22. The van der Waals surface area contributed by atoms with Crippen LogP contribution in [0.1, 0.15) is 29.7 Å². The van der Waals surface area contributed by atoms with Gasteiger partial charge in [0, 0.05) is 24.1 Å². The van der Waals surface area contributed by atoms with Crippen LogP contribution < -0.4 is 10.6 Å². The summed E-state index contributed by atoms with van der Waals surface area (Å²) in [4.78, 5) is 4.22. The van der Waals surface area contributed by atoms with E-state index in [4.69, 9.17) is 8.94 Å². The van der Waals surface area contributed by atoms with Crippen molar-refractivity contribution in [2.75, 3.05) is 7.05 Å². The van der Waals surface area contributed by atoms with Crippen molar-refractivity contribution in [3.05, 3.63) is 53.1 Å². The van der Waals surface area contributed by atoms with Gasteiger partial charge in [-0.2, -0.15) is 0 Å². The second kappa shape index (κ2) is 7.21. The number of aromatic nitrogens is 1. The third kappa shape index (κ3) is 3.42. The number of nitrogens with zero attached hydrogens (tertiary/aromatic N) is 2. The number of aliphatic imine (C=N–C) groups is 1. The lowest BCUT2D eigenvalue weighted by atomic mass is 10.1. The van der Waals surface area contributed by atoms with Crippen LogP contribution in [0.3, 0.4) is 0 Å². The van der Waals surface area contributed by atoms with Crippen LogP contribution in [-0.4, -0.2) is 18.2 Å². The van der Waals surface area contributed by atoms with E-state index in [1.54, 1.807) is 7.05 Å². The van der Waals surface area contributed by atoms with Gasteiger partial charge in [-0.05, 0) is 19.4 Å². The van der Waals surface area contributed by atoms with Crippen LogP contribution in [0.25, 0.3) is 11.0 Å². The highest BCUT2D eigenvalue weighted by Gasteiger charge is 2.10. The molecule has 0 spiro atoms. The number of benzene rings is 1. The van der Waals surface area contributed by atoms with Crippen LogP contribution in [0, 0.1) is 6.92 Å². The second-order valence-corrected chi connectivity index (χ2v) is 5.56. The van der Waals surface area contributed by atoms with E-state index in [1.165, 1.54) is 0 Å². The molecule has 3 aromatic rings. The zero-order valence-electron chi connectivity index (χ0n) is 14.2. The number of fused-ring (bicyclic) bond motifs is 1. The molecule has 2 aromatic heterocycles. The van der Waals surface area contributed by atoms with Crippen molar-refractivity contribution in [3.63, 3.8) is 0 Å². The van der Waals surface area contributed by atoms with Crippen molar-refractivity contribution < 1.29 is 8.94 Å². The van der Waals surface area contributed by atoms with E-state index >= 15 is 0 Å². The maximum absolute atomic E-state index is 5.90. The van der Waals surface area contributed by atoms with Gasteiger partial charge in [-0.25, -0.2) is 0 Å². The van der Waals surface area contributed by atoms with E-state index in [9.17, 15) is 0 Å². The largest absolute Gasteiger partial charge is 0.459 e. The Morgan fingerprint density at radius 3 is 2.71 bits per heavy atom. The minimum Gasteiger partial charge on any atom is -0.459 e. The van der Waals surface area contributed by atoms with E-state index < -0.39 is 0 Å². The van der Waals surface area contributed by atoms with E-state index in [-0.39, 0.29) is 0 Å². The lowest BCUT2D eigenvalue weighted by Crippen LogP contribution is -2.36. The molecule has 6 nitrogen and oxygen atoms in total. The Labute approximate surface area is 140 Å². The first-order chi connectivity index (χ1) is 11.7. The van der Waals surface area contributed by atoms with E-state index in [1.807, 2.05) is 31.2 Å². The Morgan fingerprint density at radius 2 is 2.00 bits per heavy atom. The maximum atomic E-state index is 5.90. The number of aryl methyl sites for hydroxylation is 2. The molecule has 0 aliphatic heterocycles. The quantitative estimate of drug-likeness (QED) is 0.556. The molecule has 3 rings (SSSR count). The molecule has 2 heterocycles. The SMILES string of the molecule is CCc1cc(CNC(=NC)NCc2oc3ccccc3c2C)on1. The lowest BCUT2D eigenvalue weighted by molar-refractivity contribution is 0.374. The first-order valence-electron chi connectivity index (χ1n) is 8.07. The molecule has 126 valence electrons. The maximum Gasteiger partial charge on any atom is 0.191 e. The summed E-state index contributed by atoms with van der Waals surface area (Å²) >= 11 is 0. The Bertz CT molecular complexity index is 848. The normalized spacial score (nSPS) is 11.9. The van der Waals surface area contributed by atoms with Gasteiger partial charge in [0.2, 0.25) is 0 Å². The van der Waals surface area contributed by atoms with Crippen LogP contribution in [0.15, 0.2) is 44.3 Å². The molecule has 0 fully saturated rings. The zero-order valence-corrected chi connectivity index (χ0v) is 14.2.